The second-order valence-electron chi connectivity index (χ2n) is 7.00. The van der Waals surface area contributed by atoms with E-state index in [9.17, 15) is 9.59 Å². The molecule has 0 atom stereocenters. The third-order valence-electron chi connectivity index (χ3n) is 3.91. The first-order chi connectivity index (χ1) is 12.7. The molecule has 0 bridgehead atoms. The summed E-state index contributed by atoms with van der Waals surface area (Å²) < 4.78 is 7.07. The van der Waals surface area contributed by atoms with Crippen LogP contribution in [0.5, 0.6) is 5.75 Å². The predicted octanol–water partition coefficient (Wildman–Crippen LogP) is 2.85. The fourth-order valence-corrected chi connectivity index (χ4v) is 3.62. The van der Waals surface area contributed by atoms with Gasteiger partial charge in [0, 0.05) is 36.7 Å². The fourth-order valence-electron chi connectivity index (χ4n) is 2.77. The van der Waals surface area contributed by atoms with Gasteiger partial charge < -0.3 is 14.6 Å². The smallest absolute Gasteiger partial charge is 0.221 e. The molecule has 0 radical (unpaired) electrons. The molecule has 0 saturated heterocycles. The van der Waals surface area contributed by atoms with E-state index in [1.165, 1.54) is 18.7 Å². The summed E-state index contributed by atoms with van der Waals surface area (Å²) in [6.45, 7) is 5.23. The molecule has 146 valence electrons. The average Bonchev–Trinajstić information content (AvgIpc) is 2.94. The number of thioether (sulfide) groups is 1. The lowest BCUT2D eigenvalue weighted by atomic mass is 9.98. The molecule has 2 rings (SSSR count). The molecule has 0 unspecified atom stereocenters. The fraction of sp³-hybridized carbons (Fsp3) is 0.474. The van der Waals surface area contributed by atoms with Crippen molar-refractivity contribution in [1.29, 1.82) is 0 Å². The lowest BCUT2D eigenvalue weighted by Crippen LogP contribution is -2.44. The molecular weight excluding hydrogens is 364 g/mol. The molecule has 1 aromatic carbocycles. The lowest BCUT2D eigenvalue weighted by molar-refractivity contribution is -0.123. The molecule has 27 heavy (non-hydrogen) atoms. The van der Waals surface area contributed by atoms with Crippen LogP contribution in [0.25, 0.3) is 11.4 Å². The number of hydrogen-bond acceptors (Lipinski definition) is 6. The van der Waals surface area contributed by atoms with E-state index in [2.05, 4.69) is 15.5 Å². The minimum Gasteiger partial charge on any atom is -0.497 e. The number of ketones is 1. The number of hydrogen-bond donors (Lipinski definition) is 1. The van der Waals surface area contributed by atoms with Gasteiger partial charge in [0.15, 0.2) is 11.0 Å². The lowest BCUT2D eigenvalue weighted by Gasteiger charge is -2.24. The zero-order valence-corrected chi connectivity index (χ0v) is 17.2. The Balaban J connectivity index is 1.90. The number of benzene rings is 1. The van der Waals surface area contributed by atoms with Crippen LogP contribution in [0, 0.1) is 0 Å². The van der Waals surface area contributed by atoms with Crippen LogP contribution >= 0.6 is 11.8 Å². The van der Waals surface area contributed by atoms with Gasteiger partial charge in [0.25, 0.3) is 0 Å². The summed E-state index contributed by atoms with van der Waals surface area (Å²) in [7, 11) is 3.53. The van der Waals surface area contributed by atoms with Gasteiger partial charge in [0.2, 0.25) is 5.91 Å². The second-order valence-corrected chi connectivity index (χ2v) is 8.07. The Morgan fingerprint density at radius 2 is 1.89 bits per heavy atom. The largest absolute Gasteiger partial charge is 0.497 e. The molecule has 2 aromatic rings. The van der Waals surface area contributed by atoms with Crippen LogP contribution in [0.1, 0.15) is 33.6 Å². The summed E-state index contributed by atoms with van der Waals surface area (Å²) in [6.07, 6.45) is 0.664. The number of nitrogens with zero attached hydrogens (tertiary/aromatic N) is 3. The van der Waals surface area contributed by atoms with E-state index in [4.69, 9.17) is 4.74 Å². The van der Waals surface area contributed by atoms with Gasteiger partial charge in [-0.1, -0.05) is 11.8 Å². The summed E-state index contributed by atoms with van der Waals surface area (Å²) in [5.74, 6) is 2.10. The van der Waals surface area contributed by atoms with E-state index in [1.807, 2.05) is 49.7 Å². The highest BCUT2D eigenvalue weighted by molar-refractivity contribution is 7.99. The highest BCUT2D eigenvalue weighted by Crippen LogP contribution is 2.24. The van der Waals surface area contributed by atoms with Gasteiger partial charge >= 0.3 is 0 Å². The van der Waals surface area contributed by atoms with Gasteiger partial charge in [0.1, 0.15) is 11.5 Å². The van der Waals surface area contributed by atoms with E-state index in [0.717, 1.165) is 22.3 Å². The van der Waals surface area contributed by atoms with Crippen molar-refractivity contribution in [3.05, 3.63) is 24.3 Å². The van der Waals surface area contributed by atoms with E-state index in [-0.39, 0.29) is 11.7 Å². The zero-order chi connectivity index (χ0) is 20.0. The number of aromatic nitrogens is 3. The number of rotatable bonds is 9. The van der Waals surface area contributed by atoms with Gasteiger partial charge in [0.05, 0.1) is 7.11 Å². The summed E-state index contributed by atoms with van der Waals surface area (Å²) >= 11 is 1.48. The molecule has 1 amide bonds. The minimum absolute atomic E-state index is 0.0554. The van der Waals surface area contributed by atoms with Crippen LogP contribution < -0.4 is 10.1 Å². The quantitative estimate of drug-likeness (QED) is 0.663. The Hall–Kier alpha value is -2.35. The minimum atomic E-state index is -0.528. The normalized spacial score (nSPS) is 11.3. The monoisotopic (exact) mass is 390 g/mol. The van der Waals surface area contributed by atoms with E-state index >= 15 is 0 Å². The Kier molecular flexibility index (Phi) is 7.01. The maximum absolute atomic E-state index is 12.1. The molecule has 0 fully saturated rings. The van der Waals surface area contributed by atoms with Gasteiger partial charge in [-0.3, -0.25) is 9.59 Å². The maximum Gasteiger partial charge on any atom is 0.221 e. The molecule has 7 nitrogen and oxygen atoms in total. The van der Waals surface area contributed by atoms with Gasteiger partial charge in [-0.25, -0.2) is 0 Å². The third-order valence-corrected chi connectivity index (χ3v) is 4.93. The SMILES string of the molecule is COc1ccc(-c2nnc(SCCC(=O)NC(C)(C)CC(C)=O)n2C)cc1. The second kappa shape index (κ2) is 9.03. The number of carbonyl (C=O) groups excluding carboxylic acids is 2. The first-order valence-electron chi connectivity index (χ1n) is 8.69. The maximum atomic E-state index is 12.1. The van der Waals surface area contributed by atoms with Crippen LogP contribution in [-0.2, 0) is 16.6 Å². The van der Waals surface area contributed by atoms with E-state index in [1.54, 1.807) is 7.11 Å². The van der Waals surface area contributed by atoms with Crippen LogP contribution in [0.4, 0.5) is 0 Å². The molecular formula is C19H26N4O3S. The molecule has 0 aliphatic rings. The standard InChI is InChI=1S/C19H26N4O3S/c1-13(24)12-19(2,3)20-16(25)10-11-27-18-22-21-17(23(18)4)14-6-8-15(26-5)9-7-14/h6-9H,10-12H2,1-5H3,(H,20,25). The molecule has 1 N–H and O–H groups in total. The van der Waals surface area contributed by atoms with Crippen molar-refractivity contribution in [1.82, 2.24) is 20.1 Å². The Morgan fingerprint density at radius 1 is 1.22 bits per heavy atom. The molecule has 1 aromatic heterocycles. The number of ether oxygens (including phenoxy) is 1. The van der Waals surface area contributed by atoms with Crippen molar-refractivity contribution in [3.8, 4) is 17.1 Å². The molecule has 8 heteroatoms. The van der Waals surface area contributed by atoms with Crippen molar-refractivity contribution in [2.45, 2.75) is 44.3 Å². The topological polar surface area (TPSA) is 86.1 Å². The van der Waals surface area contributed by atoms with Crippen molar-refractivity contribution >= 4 is 23.5 Å². The average molecular weight is 391 g/mol. The van der Waals surface area contributed by atoms with Gasteiger partial charge in [-0.2, -0.15) is 0 Å². The van der Waals surface area contributed by atoms with E-state index < -0.39 is 5.54 Å². The van der Waals surface area contributed by atoms with Crippen LogP contribution in [0.15, 0.2) is 29.4 Å². The Bertz CT molecular complexity index is 800. The molecule has 0 saturated carbocycles. The number of carbonyl (C=O) groups is 2. The predicted molar refractivity (Wildman–Crippen MR) is 106 cm³/mol. The highest BCUT2D eigenvalue weighted by Gasteiger charge is 2.22. The van der Waals surface area contributed by atoms with Crippen molar-refractivity contribution in [3.63, 3.8) is 0 Å². The molecule has 0 aliphatic carbocycles. The first-order valence-corrected chi connectivity index (χ1v) is 9.67. The molecule has 1 heterocycles. The summed E-state index contributed by atoms with van der Waals surface area (Å²) in [4.78, 5) is 23.4. The van der Waals surface area contributed by atoms with Crippen LogP contribution in [0.2, 0.25) is 0 Å². The summed E-state index contributed by atoms with van der Waals surface area (Å²) in [5.41, 5.74) is 0.418. The third kappa shape index (κ3) is 6.09. The van der Waals surface area contributed by atoms with E-state index in [0.29, 0.717) is 18.6 Å². The molecule has 0 aliphatic heterocycles. The summed E-state index contributed by atoms with van der Waals surface area (Å²) in [6, 6.07) is 7.62. The van der Waals surface area contributed by atoms with Crippen LogP contribution in [0.3, 0.4) is 0 Å². The number of amides is 1. The summed E-state index contributed by atoms with van der Waals surface area (Å²) in [5, 5.41) is 12.1. The van der Waals surface area contributed by atoms with Gasteiger partial charge in [-0.15, -0.1) is 10.2 Å². The van der Waals surface area contributed by atoms with Crippen molar-refractivity contribution in [2.75, 3.05) is 12.9 Å². The Labute approximate surface area is 163 Å². The van der Waals surface area contributed by atoms with Gasteiger partial charge in [-0.05, 0) is 45.0 Å². The number of Topliss-reactive ketones (excluding diaryl/α,β-unsaturated/α-hetero) is 1. The van der Waals surface area contributed by atoms with Crippen molar-refractivity contribution < 1.29 is 14.3 Å². The van der Waals surface area contributed by atoms with Crippen LogP contribution in [-0.4, -0.2) is 44.9 Å². The Morgan fingerprint density at radius 3 is 2.48 bits per heavy atom. The molecule has 0 spiro atoms. The number of methoxy groups -OCH3 is 1. The highest BCUT2D eigenvalue weighted by atomic mass is 32.2. The zero-order valence-electron chi connectivity index (χ0n) is 16.4. The van der Waals surface area contributed by atoms with Crippen molar-refractivity contribution in [2.24, 2.45) is 7.05 Å². The first kappa shape index (κ1) is 21.0. The number of nitrogens with one attached hydrogen (secondary N) is 1.